The number of hydrogen-bond donors (Lipinski definition) is 2. The number of esters is 1. The number of benzene rings is 1. The number of nitrogens with one attached hydrogen (secondary N) is 1. The Morgan fingerprint density at radius 1 is 1.29 bits per heavy atom. The summed E-state index contributed by atoms with van der Waals surface area (Å²) in [5, 5.41) is 11.8. The normalized spacial score (nSPS) is 32.3. The highest BCUT2D eigenvalue weighted by molar-refractivity contribution is 5.86. The Labute approximate surface area is 164 Å². The first-order valence-electron chi connectivity index (χ1n) is 10.3. The van der Waals surface area contributed by atoms with Gasteiger partial charge in [0, 0.05) is 35.8 Å². The number of methoxy groups -OCH3 is 2. The van der Waals surface area contributed by atoms with Crippen LogP contribution in [0.3, 0.4) is 0 Å². The number of aliphatic hydroxyl groups is 1. The zero-order chi connectivity index (χ0) is 19.4. The van der Waals surface area contributed by atoms with E-state index in [0.29, 0.717) is 12.3 Å². The van der Waals surface area contributed by atoms with Crippen LogP contribution in [0.2, 0.25) is 0 Å². The highest BCUT2D eigenvalue weighted by Gasteiger charge is 2.49. The molecule has 3 heterocycles. The minimum Gasteiger partial charge on any atom is -0.497 e. The molecule has 1 saturated heterocycles. The molecule has 2 N–H and O–H groups in total. The number of fused-ring (bicyclic) bond motifs is 6. The average Bonchev–Trinajstić information content (AvgIpc) is 3.10. The van der Waals surface area contributed by atoms with Crippen LogP contribution in [-0.2, 0) is 16.0 Å². The second kappa shape index (κ2) is 6.78. The Balaban J connectivity index is 1.52. The lowest BCUT2D eigenvalue weighted by molar-refractivity contribution is -0.160. The molecule has 6 nitrogen and oxygen atoms in total. The van der Waals surface area contributed by atoms with E-state index in [2.05, 4.69) is 22.0 Å². The maximum atomic E-state index is 12.4. The van der Waals surface area contributed by atoms with E-state index in [0.717, 1.165) is 43.6 Å². The molecule has 0 amide bonds. The van der Waals surface area contributed by atoms with Crippen molar-refractivity contribution in [1.82, 2.24) is 9.88 Å². The van der Waals surface area contributed by atoms with Crippen molar-refractivity contribution in [2.75, 3.05) is 27.3 Å². The van der Waals surface area contributed by atoms with Gasteiger partial charge in [0.2, 0.25) is 0 Å². The van der Waals surface area contributed by atoms with E-state index in [1.165, 1.54) is 23.8 Å². The van der Waals surface area contributed by atoms with E-state index in [-0.39, 0.29) is 17.9 Å². The molecule has 28 heavy (non-hydrogen) atoms. The van der Waals surface area contributed by atoms with Crippen LogP contribution in [0.15, 0.2) is 18.2 Å². The molecule has 0 unspecified atom stereocenters. The molecule has 1 saturated carbocycles. The van der Waals surface area contributed by atoms with E-state index in [4.69, 9.17) is 9.47 Å². The molecule has 1 aliphatic carbocycles. The Morgan fingerprint density at radius 2 is 2.14 bits per heavy atom. The third-order valence-electron chi connectivity index (χ3n) is 7.32. The Morgan fingerprint density at radius 3 is 2.93 bits per heavy atom. The lowest BCUT2D eigenvalue weighted by atomic mass is 9.65. The summed E-state index contributed by atoms with van der Waals surface area (Å²) in [4.78, 5) is 18.7. The molecule has 0 bridgehead atoms. The number of aliphatic hydroxyl groups excluding tert-OH is 1. The number of H-pyrrole nitrogens is 1. The summed E-state index contributed by atoms with van der Waals surface area (Å²) in [6.07, 6.45) is 3.02. The Hall–Kier alpha value is -2.05. The monoisotopic (exact) mass is 384 g/mol. The van der Waals surface area contributed by atoms with Gasteiger partial charge in [-0.1, -0.05) is 0 Å². The second-order valence-corrected chi connectivity index (χ2v) is 8.54. The number of nitrogens with zero attached hydrogens (tertiary/aromatic N) is 1. The van der Waals surface area contributed by atoms with Crippen molar-refractivity contribution in [3.63, 3.8) is 0 Å². The number of ether oxygens (including phenoxy) is 2. The van der Waals surface area contributed by atoms with Crippen LogP contribution in [-0.4, -0.2) is 54.4 Å². The third-order valence-corrected chi connectivity index (χ3v) is 7.32. The summed E-state index contributed by atoms with van der Waals surface area (Å²) < 4.78 is 10.4. The van der Waals surface area contributed by atoms with Gasteiger partial charge in [-0.25, -0.2) is 0 Å². The van der Waals surface area contributed by atoms with Crippen LogP contribution in [0.4, 0.5) is 0 Å². The average molecular weight is 384 g/mol. The second-order valence-electron chi connectivity index (χ2n) is 8.54. The number of carbonyl (C=O) groups is 1. The molecule has 3 aliphatic rings. The van der Waals surface area contributed by atoms with E-state index < -0.39 is 12.0 Å². The summed E-state index contributed by atoms with van der Waals surface area (Å²) in [5.41, 5.74) is 3.78. The summed E-state index contributed by atoms with van der Waals surface area (Å²) in [6.45, 7) is 2.04. The first kappa shape index (κ1) is 18.0. The fourth-order valence-electron chi connectivity index (χ4n) is 5.97. The largest absolute Gasteiger partial charge is 0.497 e. The zero-order valence-electron chi connectivity index (χ0n) is 16.5. The molecule has 5 atom stereocenters. The molecule has 2 aliphatic heterocycles. The van der Waals surface area contributed by atoms with Gasteiger partial charge in [0.05, 0.1) is 32.3 Å². The number of carbonyl (C=O) groups excluding carboxylic acids is 1. The quantitative estimate of drug-likeness (QED) is 0.779. The predicted molar refractivity (Wildman–Crippen MR) is 105 cm³/mol. The van der Waals surface area contributed by atoms with Gasteiger partial charge in [0.1, 0.15) is 5.75 Å². The lowest BCUT2D eigenvalue weighted by Gasteiger charge is -2.50. The first-order valence-corrected chi connectivity index (χ1v) is 10.3. The Bertz CT molecular complexity index is 907. The van der Waals surface area contributed by atoms with Crippen molar-refractivity contribution in [3.05, 3.63) is 29.5 Å². The molecule has 2 fully saturated rings. The number of aromatic amines is 1. The van der Waals surface area contributed by atoms with Crippen LogP contribution >= 0.6 is 0 Å². The number of piperidine rings is 1. The van der Waals surface area contributed by atoms with Crippen LogP contribution in [0.25, 0.3) is 10.9 Å². The van der Waals surface area contributed by atoms with Crippen molar-refractivity contribution in [2.45, 2.75) is 37.8 Å². The maximum absolute atomic E-state index is 12.4. The fraction of sp³-hybridized carbons (Fsp3) is 0.591. The van der Waals surface area contributed by atoms with Crippen molar-refractivity contribution in [2.24, 2.45) is 17.8 Å². The van der Waals surface area contributed by atoms with E-state index >= 15 is 0 Å². The number of aromatic nitrogens is 1. The molecule has 150 valence electrons. The van der Waals surface area contributed by atoms with Gasteiger partial charge >= 0.3 is 5.97 Å². The standard InChI is InChI=1S/C22H28N2O4/c1-27-13-4-5-14-15-7-8-24-11-12-3-6-19(25)20(22(26)28-2)16(12)10-18(24)21(15)23-17(14)9-13/h4-5,9,12,16,18-20,23,25H,3,6-8,10-11H2,1-2H3/t12-,16-,18-,19-,20+/m0/s1. The molecular formula is C22H28N2O4. The molecule has 0 radical (unpaired) electrons. The third kappa shape index (κ3) is 2.65. The van der Waals surface area contributed by atoms with Gasteiger partial charge in [0.25, 0.3) is 0 Å². The maximum Gasteiger partial charge on any atom is 0.311 e. The topological polar surface area (TPSA) is 74.8 Å². The summed E-state index contributed by atoms with van der Waals surface area (Å²) in [6, 6.07) is 6.49. The van der Waals surface area contributed by atoms with Gasteiger partial charge in [-0.05, 0) is 55.2 Å². The first-order chi connectivity index (χ1) is 13.6. The van der Waals surface area contributed by atoms with Crippen molar-refractivity contribution in [1.29, 1.82) is 0 Å². The minimum absolute atomic E-state index is 0.171. The fourth-order valence-corrected chi connectivity index (χ4v) is 5.97. The highest BCUT2D eigenvalue weighted by atomic mass is 16.5. The molecule has 0 spiro atoms. The molecule has 1 aromatic carbocycles. The van der Waals surface area contributed by atoms with E-state index in [9.17, 15) is 9.90 Å². The van der Waals surface area contributed by atoms with Gasteiger partial charge < -0.3 is 19.6 Å². The van der Waals surface area contributed by atoms with Gasteiger partial charge in [0.15, 0.2) is 0 Å². The van der Waals surface area contributed by atoms with Gasteiger partial charge in [-0.15, -0.1) is 0 Å². The molecule has 1 aromatic heterocycles. The summed E-state index contributed by atoms with van der Waals surface area (Å²) in [7, 11) is 3.12. The minimum atomic E-state index is -0.588. The van der Waals surface area contributed by atoms with Gasteiger partial charge in [-0.2, -0.15) is 0 Å². The number of hydrogen-bond acceptors (Lipinski definition) is 5. The number of rotatable bonds is 2. The highest BCUT2D eigenvalue weighted by Crippen LogP contribution is 2.49. The Kier molecular flexibility index (Phi) is 4.36. The molecule has 2 aromatic rings. The molecule has 6 heteroatoms. The predicted octanol–water partition coefficient (Wildman–Crippen LogP) is 2.66. The van der Waals surface area contributed by atoms with Crippen LogP contribution < -0.4 is 4.74 Å². The van der Waals surface area contributed by atoms with Gasteiger partial charge in [-0.3, -0.25) is 9.69 Å². The smallest absolute Gasteiger partial charge is 0.311 e. The van der Waals surface area contributed by atoms with Crippen LogP contribution in [0, 0.1) is 17.8 Å². The van der Waals surface area contributed by atoms with Crippen molar-refractivity contribution >= 4 is 16.9 Å². The summed E-state index contributed by atoms with van der Waals surface area (Å²) in [5.74, 6) is 0.820. The SMILES string of the molecule is COC(=O)[C@@H]1[C@H]2C[C@H]3c4[nH]c5cc(OC)ccc5c4CCN3C[C@@H]2CC[C@@H]1O. The van der Waals surface area contributed by atoms with E-state index in [1.807, 2.05) is 6.07 Å². The zero-order valence-corrected chi connectivity index (χ0v) is 16.5. The summed E-state index contributed by atoms with van der Waals surface area (Å²) >= 11 is 0. The van der Waals surface area contributed by atoms with Crippen LogP contribution in [0.1, 0.15) is 36.6 Å². The van der Waals surface area contributed by atoms with Crippen LogP contribution in [0.5, 0.6) is 5.75 Å². The molecule has 5 rings (SSSR count). The lowest BCUT2D eigenvalue weighted by Crippen LogP contribution is -2.53. The molecular weight excluding hydrogens is 356 g/mol. The van der Waals surface area contributed by atoms with Crippen molar-refractivity contribution in [3.8, 4) is 5.75 Å². The van der Waals surface area contributed by atoms with Crippen molar-refractivity contribution < 1.29 is 19.4 Å². The van der Waals surface area contributed by atoms with E-state index in [1.54, 1.807) is 7.11 Å².